The van der Waals surface area contributed by atoms with Crippen LogP contribution in [0.3, 0.4) is 0 Å². The Bertz CT molecular complexity index is 406. The lowest BCUT2D eigenvalue weighted by Crippen LogP contribution is -1.87. The van der Waals surface area contributed by atoms with Crippen molar-refractivity contribution in [3.8, 4) is 5.88 Å². The number of aryl methyl sites for hydroxylation is 1. The van der Waals surface area contributed by atoms with Gasteiger partial charge in [-0.05, 0) is 19.1 Å². The van der Waals surface area contributed by atoms with Gasteiger partial charge in [0.15, 0.2) is 0 Å². The second-order valence-electron chi connectivity index (χ2n) is 2.64. The number of hydrogen-bond donors (Lipinski definition) is 0. The van der Waals surface area contributed by atoms with Crippen LogP contribution in [0.4, 0.5) is 0 Å². The summed E-state index contributed by atoms with van der Waals surface area (Å²) < 4.78 is 7.10. The average Bonchev–Trinajstić information content (AvgIpc) is 2.44. The summed E-state index contributed by atoms with van der Waals surface area (Å²) in [5.74, 6) is 0.696. The minimum Gasteiger partial charge on any atom is -0.480 e. The molecule has 0 aliphatic heterocycles. The fourth-order valence-electron chi connectivity index (χ4n) is 1.29. The monoisotopic (exact) mass is 162 g/mol. The first kappa shape index (κ1) is 7.16. The zero-order valence-electron chi connectivity index (χ0n) is 7.11. The maximum atomic E-state index is 5.10. The summed E-state index contributed by atoms with van der Waals surface area (Å²) >= 11 is 0. The first-order valence-corrected chi connectivity index (χ1v) is 3.80. The van der Waals surface area contributed by atoms with E-state index in [1.165, 1.54) is 0 Å². The number of rotatable bonds is 1. The minimum atomic E-state index is 0.696. The molecular formula is C9H10N2O. The number of pyridine rings is 1. The second-order valence-corrected chi connectivity index (χ2v) is 2.64. The fourth-order valence-corrected chi connectivity index (χ4v) is 1.29. The number of ether oxygens (including phenoxy) is 1. The highest BCUT2D eigenvalue weighted by molar-refractivity contribution is 5.44. The highest BCUT2D eigenvalue weighted by Crippen LogP contribution is 2.17. The molecule has 0 N–H and O–H groups in total. The lowest BCUT2D eigenvalue weighted by atomic mass is 10.4. The van der Waals surface area contributed by atoms with E-state index in [2.05, 4.69) is 4.98 Å². The van der Waals surface area contributed by atoms with Crippen LogP contribution in [-0.2, 0) is 0 Å². The Morgan fingerprint density at radius 1 is 1.42 bits per heavy atom. The Balaban J connectivity index is 2.78. The molecule has 0 amide bonds. The van der Waals surface area contributed by atoms with Gasteiger partial charge in [-0.25, -0.2) is 0 Å². The zero-order valence-corrected chi connectivity index (χ0v) is 7.11. The maximum Gasteiger partial charge on any atom is 0.235 e. The van der Waals surface area contributed by atoms with Gasteiger partial charge in [0.2, 0.25) is 5.88 Å². The Labute approximate surface area is 70.6 Å². The standard InChI is InChI=1S/C9H10N2O/c1-7-9(12-2)10-8-5-3-4-6-11(7)8/h3-6H,1-2H3. The van der Waals surface area contributed by atoms with E-state index in [-0.39, 0.29) is 0 Å². The summed E-state index contributed by atoms with van der Waals surface area (Å²) in [5, 5.41) is 0. The predicted molar refractivity (Wildman–Crippen MR) is 46.5 cm³/mol. The number of nitrogens with zero attached hydrogens (tertiary/aromatic N) is 2. The van der Waals surface area contributed by atoms with Crippen LogP contribution in [-0.4, -0.2) is 16.5 Å². The number of aromatic nitrogens is 2. The summed E-state index contributed by atoms with van der Waals surface area (Å²) in [6.45, 7) is 1.98. The first-order chi connectivity index (χ1) is 5.83. The number of imidazole rings is 1. The number of methoxy groups -OCH3 is 1. The molecular weight excluding hydrogens is 152 g/mol. The van der Waals surface area contributed by atoms with Crippen molar-refractivity contribution in [1.29, 1.82) is 0 Å². The van der Waals surface area contributed by atoms with Crippen LogP contribution in [0.25, 0.3) is 5.65 Å². The van der Waals surface area contributed by atoms with E-state index in [1.54, 1.807) is 7.11 Å². The Kier molecular flexibility index (Phi) is 1.50. The van der Waals surface area contributed by atoms with E-state index in [9.17, 15) is 0 Å². The van der Waals surface area contributed by atoms with Gasteiger partial charge in [-0.15, -0.1) is 0 Å². The van der Waals surface area contributed by atoms with E-state index in [4.69, 9.17) is 4.74 Å². The molecule has 2 heterocycles. The van der Waals surface area contributed by atoms with E-state index < -0.39 is 0 Å². The Hall–Kier alpha value is -1.51. The lowest BCUT2D eigenvalue weighted by Gasteiger charge is -1.94. The van der Waals surface area contributed by atoms with Gasteiger partial charge in [0.05, 0.1) is 12.8 Å². The molecule has 0 saturated carbocycles. The molecule has 3 heteroatoms. The van der Waals surface area contributed by atoms with Gasteiger partial charge >= 0.3 is 0 Å². The molecule has 0 aromatic carbocycles. The van der Waals surface area contributed by atoms with Crippen LogP contribution in [0.2, 0.25) is 0 Å². The van der Waals surface area contributed by atoms with Crippen LogP contribution in [0.15, 0.2) is 24.4 Å². The van der Waals surface area contributed by atoms with Gasteiger partial charge < -0.3 is 9.14 Å². The highest BCUT2D eigenvalue weighted by atomic mass is 16.5. The highest BCUT2D eigenvalue weighted by Gasteiger charge is 2.05. The quantitative estimate of drug-likeness (QED) is 0.637. The topological polar surface area (TPSA) is 26.5 Å². The van der Waals surface area contributed by atoms with Gasteiger partial charge in [-0.1, -0.05) is 6.07 Å². The van der Waals surface area contributed by atoms with Crippen molar-refractivity contribution in [1.82, 2.24) is 9.38 Å². The Morgan fingerprint density at radius 2 is 2.25 bits per heavy atom. The zero-order chi connectivity index (χ0) is 8.55. The van der Waals surface area contributed by atoms with Crippen molar-refractivity contribution in [3.63, 3.8) is 0 Å². The van der Waals surface area contributed by atoms with Crippen molar-refractivity contribution < 1.29 is 4.74 Å². The molecule has 0 saturated heterocycles. The van der Waals surface area contributed by atoms with Crippen LogP contribution in [0, 0.1) is 6.92 Å². The molecule has 12 heavy (non-hydrogen) atoms. The molecule has 0 aliphatic rings. The molecule has 3 nitrogen and oxygen atoms in total. The molecule has 2 aromatic rings. The van der Waals surface area contributed by atoms with Gasteiger partial charge in [0, 0.05) is 6.20 Å². The van der Waals surface area contributed by atoms with Crippen molar-refractivity contribution >= 4 is 5.65 Å². The van der Waals surface area contributed by atoms with E-state index >= 15 is 0 Å². The number of hydrogen-bond acceptors (Lipinski definition) is 2. The van der Waals surface area contributed by atoms with Crippen molar-refractivity contribution in [3.05, 3.63) is 30.1 Å². The van der Waals surface area contributed by atoms with Gasteiger partial charge in [-0.2, -0.15) is 4.98 Å². The van der Waals surface area contributed by atoms with Crippen molar-refractivity contribution in [2.24, 2.45) is 0 Å². The van der Waals surface area contributed by atoms with Crippen LogP contribution in [0.5, 0.6) is 5.88 Å². The fraction of sp³-hybridized carbons (Fsp3) is 0.222. The van der Waals surface area contributed by atoms with E-state index in [0.717, 1.165) is 11.3 Å². The first-order valence-electron chi connectivity index (χ1n) is 3.80. The molecule has 0 bridgehead atoms. The predicted octanol–water partition coefficient (Wildman–Crippen LogP) is 1.65. The maximum absolute atomic E-state index is 5.10. The van der Waals surface area contributed by atoms with Gasteiger partial charge in [-0.3, -0.25) is 0 Å². The third-order valence-electron chi connectivity index (χ3n) is 1.92. The third kappa shape index (κ3) is 0.863. The SMILES string of the molecule is COc1nc2ccccn2c1C. The number of fused-ring (bicyclic) bond motifs is 1. The summed E-state index contributed by atoms with van der Waals surface area (Å²) in [6, 6.07) is 5.89. The van der Waals surface area contributed by atoms with Crippen LogP contribution >= 0.6 is 0 Å². The summed E-state index contributed by atoms with van der Waals surface area (Å²) in [5.41, 5.74) is 1.96. The molecule has 2 rings (SSSR count). The van der Waals surface area contributed by atoms with Gasteiger partial charge in [0.1, 0.15) is 5.65 Å². The average molecular weight is 162 g/mol. The molecule has 2 aromatic heterocycles. The molecule has 0 spiro atoms. The smallest absolute Gasteiger partial charge is 0.235 e. The summed E-state index contributed by atoms with van der Waals surface area (Å²) in [7, 11) is 1.63. The summed E-state index contributed by atoms with van der Waals surface area (Å²) in [6.07, 6.45) is 1.97. The molecule has 0 fully saturated rings. The molecule has 62 valence electrons. The van der Waals surface area contributed by atoms with E-state index in [1.807, 2.05) is 35.7 Å². The Morgan fingerprint density at radius 3 is 2.92 bits per heavy atom. The largest absolute Gasteiger partial charge is 0.480 e. The molecule has 0 atom stereocenters. The minimum absolute atomic E-state index is 0.696. The molecule has 0 radical (unpaired) electrons. The van der Waals surface area contributed by atoms with Crippen molar-refractivity contribution in [2.45, 2.75) is 6.92 Å². The van der Waals surface area contributed by atoms with Crippen molar-refractivity contribution in [2.75, 3.05) is 7.11 Å². The molecule has 0 unspecified atom stereocenters. The summed E-state index contributed by atoms with van der Waals surface area (Å²) in [4.78, 5) is 4.27. The third-order valence-corrected chi connectivity index (χ3v) is 1.92. The normalized spacial score (nSPS) is 10.5. The molecule has 0 aliphatic carbocycles. The second kappa shape index (κ2) is 2.52. The van der Waals surface area contributed by atoms with Crippen LogP contribution < -0.4 is 4.74 Å². The van der Waals surface area contributed by atoms with Crippen LogP contribution in [0.1, 0.15) is 5.69 Å². The van der Waals surface area contributed by atoms with Gasteiger partial charge in [0.25, 0.3) is 0 Å². The van der Waals surface area contributed by atoms with E-state index in [0.29, 0.717) is 5.88 Å². The lowest BCUT2D eigenvalue weighted by molar-refractivity contribution is 0.397.